The Hall–Kier alpha value is -2.55. The second-order valence-electron chi connectivity index (χ2n) is 8.00. The summed E-state index contributed by atoms with van der Waals surface area (Å²) >= 11 is 7.48. The van der Waals surface area contributed by atoms with E-state index in [0.29, 0.717) is 21.6 Å². The first-order chi connectivity index (χ1) is 16.0. The third-order valence-corrected chi connectivity index (χ3v) is 6.88. The van der Waals surface area contributed by atoms with Crippen LogP contribution in [0.1, 0.15) is 32.0 Å². The lowest BCUT2D eigenvalue weighted by Gasteiger charge is -2.26. The third kappa shape index (κ3) is 5.88. The fourth-order valence-corrected chi connectivity index (χ4v) is 4.92. The Morgan fingerprint density at radius 2 is 1.91 bits per heavy atom. The Kier molecular flexibility index (Phi) is 7.90. The Bertz CT molecular complexity index is 1090. The van der Waals surface area contributed by atoms with Gasteiger partial charge in [0.25, 0.3) is 0 Å². The summed E-state index contributed by atoms with van der Waals surface area (Å²) in [6, 6.07) is 15.2. The summed E-state index contributed by atoms with van der Waals surface area (Å²) in [6.07, 6.45) is 3.71. The van der Waals surface area contributed by atoms with Gasteiger partial charge in [-0.3, -0.25) is 14.3 Å². The number of carbonyl (C=O) groups excluding carboxylic acids is 1. The molecule has 1 N–H and O–H groups in total. The van der Waals surface area contributed by atoms with Crippen molar-refractivity contribution in [3.63, 3.8) is 0 Å². The number of hydrogen-bond acceptors (Lipinski definition) is 6. The van der Waals surface area contributed by atoms with E-state index in [0.717, 1.165) is 31.1 Å². The fraction of sp³-hybridized carbons (Fsp3) is 0.375. The molecule has 0 radical (unpaired) electrons. The van der Waals surface area contributed by atoms with Crippen LogP contribution in [-0.2, 0) is 11.3 Å². The number of carbonyl (C=O) groups is 1. The van der Waals surface area contributed by atoms with Crippen LogP contribution >= 0.6 is 23.4 Å². The molecule has 0 saturated carbocycles. The van der Waals surface area contributed by atoms with E-state index in [1.807, 2.05) is 37.3 Å². The van der Waals surface area contributed by atoms with Gasteiger partial charge in [0.1, 0.15) is 5.75 Å². The molecule has 7 nitrogen and oxygen atoms in total. The summed E-state index contributed by atoms with van der Waals surface area (Å²) in [5, 5.41) is 12.7. The van der Waals surface area contributed by atoms with Crippen LogP contribution in [0, 0.1) is 0 Å². The molecule has 174 valence electrons. The number of ether oxygens (including phenoxy) is 1. The summed E-state index contributed by atoms with van der Waals surface area (Å²) in [4.78, 5) is 15.4. The van der Waals surface area contributed by atoms with Crippen molar-refractivity contribution in [2.75, 3.05) is 25.5 Å². The lowest BCUT2D eigenvalue weighted by molar-refractivity contribution is -0.115. The highest BCUT2D eigenvalue weighted by atomic mass is 35.5. The van der Waals surface area contributed by atoms with Crippen molar-refractivity contribution in [1.82, 2.24) is 19.7 Å². The minimum atomic E-state index is -0.414. The van der Waals surface area contributed by atoms with Gasteiger partial charge >= 0.3 is 0 Å². The molecule has 1 unspecified atom stereocenters. The number of likely N-dealkylation sites (tertiary alicyclic amines) is 1. The first kappa shape index (κ1) is 23.6. The van der Waals surface area contributed by atoms with E-state index in [9.17, 15) is 4.79 Å². The van der Waals surface area contributed by atoms with Crippen LogP contribution in [0.2, 0.25) is 5.02 Å². The van der Waals surface area contributed by atoms with Gasteiger partial charge in [-0.25, -0.2) is 0 Å². The zero-order valence-electron chi connectivity index (χ0n) is 18.8. The van der Waals surface area contributed by atoms with Crippen molar-refractivity contribution < 1.29 is 9.53 Å². The molecule has 1 amide bonds. The molecular weight excluding hydrogens is 458 g/mol. The maximum absolute atomic E-state index is 13.0. The molecular formula is C24H28ClN5O2S. The number of amides is 1. The zero-order chi connectivity index (χ0) is 23.2. The molecule has 2 aromatic carbocycles. The van der Waals surface area contributed by atoms with Crippen molar-refractivity contribution in [3.8, 4) is 11.4 Å². The molecule has 1 saturated heterocycles. The number of para-hydroxylation sites is 1. The number of anilines is 1. The average Bonchev–Trinajstić information content (AvgIpc) is 3.22. The monoisotopic (exact) mass is 485 g/mol. The van der Waals surface area contributed by atoms with Crippen LogP contribution in [0.25, 0.3) is 5.69 Å². The topological polar surface area (TPSA) is 72.3 Å². The van der Waals surface area contributed by atoms with Gasteiger partial charge in [-0.1, -0.05) is 48.0 Å². The molecule has 9 heteroatoms. The maximum Gasteiger partial charge on any atom is 0.237 e. The quantitative estimate of drug-likeness (QED) is 0.451. The molecule has 33 heavy (non-hydrogen) atoms. The van der Waals surface area contributed by atoms with E-state index >= 15 is 0 Å². The first-order valence-electron chi connectivity index (χ1n) is 11.1. The summed E-state index contributed by atoms with van der Waals surface area (Å²) in [5.41, 5.74) is 1.53. The number of thioether (sulfide) groups is 1. The minimum absolute atomic E-state index is 0.166. The van der Waals surface area contributed by atoms with Crippen molar-refractivity contribution in [1.29, 1.82) is 0 Å². The van der Waals surface area contributed by atoms with Gasteiger partial charge < -0.3 is 10.1 Å². The van der Waals surface area contributed by atoms with Gasteiger partial charge in [-0.05, 0) is 63.2 Å². The third-order valence-electron chi connectivity index (χ3n) is 5.60. The Labute approximate surface area is 203 Å². The lowest BCUT2D eigenvalue weighted by Crippen LogP contribution is -2.30. The zero-order valence-corrected chi connectivity index (χ0v) is 20.4. The molecule has 3 aromatic rings. The van der Waals surface area contributed by atoms with Crippen molar-refractivity contribution in [2.24, 2.45) is 0 Å². The van der Waals surface area contributed by atoms with Crippen LogP contribution in [-0.4, -0.2) is 51.0 Å². The highest BCUT2D eigenvalue weighted by molar-refractivity contribution is 8.00. The minimum Gasteiger partial charge on any atom is -0.495 e. The summed E-state index contributed by atoms with van der Waals surface area (Å²) in [5.74, 6) is 1.27. The van der Waals surface area contributed by atoms with Gasteiger partial charge in [0.2, 0.25) is 5.91 Å². The SMILES string of the molecule is COc1ccc(Cl)cc1NC(=O)C(C)Sc1nnc(CN2CCCCC2)n1-c1ccccc1. The largest absolute Gasteiger partial charge is 0.495 e. The average molecular weight is 486 g/mol. The lowest BCUT2D eigenvalue weighted by atomic mass is 10.1. The van der Waals surface area contributed by atoms with Gasteiger partial charge in [0.05, 0.1) is 24.6 Å². The van der Waals surface area contributed by atoms with Crippen molar-refractivity contribution >= 4 is 35.0 Å². The van der Waals surface area contributed by atoms with Crippen LogP contribution in [0.4, 0.5) is 5.69 Å². The van der Waals surface area contributed by atoms with Gasteiger partial charge in [0, 0.05) is 10.7 Å². The number of aromatic nitrogens is 3. The number of nitrogens with one attached hydrogen (secondary N) is 1. The number of methoxy groups -OCH3 is 1. The van der Waals surface area contributed by atoms with Gasteiger partial charge in [-0.2, -0.15) is 0 Å². The predicted molar refractivity (Wildman–Crippen MR) is 132 cm³/mol. The number of piperidine rings is 1. The smallest absolute Gasteiger partial charge is 0.237 e. The second kappa shape index (κ2) is 11.0. The normalized spacial score (nSPS) is 15.2. The van der Waals surface area contributed by atoms with E-state index in [4.69, 9.17) is 16.3 Å². The second-order valence-corrected chi connectivity index (χ2v) is 9.74. The molecule has 4 rings (SSSR count). The van der Waals surface area contributed by atoms with E-state index in [-0.39, 0.29) is 5.91 Å². The predicted octanol–water partition coefficient (Wildman–Crippen LogP) is 5.03. The number of rotatable bonds is 8. The highest BCUT2D eigenvalue weighted by Gasteiger charge is 2.23. The number of benzene rings is 2. The number of hydrogen-bond donors (Lipinski definition) is 1. The molecule has 1 aliphatic heterocycles. The van der Waals surface area contributed by atoms with E-state index in [2.05, 4.69) is 25.0 Å². The molecule has 0 bridgehead atoms. The Balaban J connectivity index is 1.54. The summed E-state index contributed by atoms with van der Waals surface area (Å²) < 4.78 is 7.40. The Morgan fingerprint density at radius 1 is 1.15 bits per heavy atom. The number of halogens is 1. The van der Waals surface area contributed by atoms with E-state index < -0.39 is 5.25 Å². The molecule has 1 aromatic heterocycles. The summed E-state index contributed by atoms with van der Waals surface area (Å²) in [7, 11) is 1.56. The van der Waals surface area contributed by atoms with Crippen LogP contribution in [0.5, 0.6) is 5.75 Å². The maximum atomic E-state index is 13.0. The summed E-state index contributed by atoms with van der Waals surface area (Å²) in [6.45, 7) is 4.74. The van der Waals surface area contributed by atoms with Crippen LogP contribution in [0.3, 0.4) is 0 Å². The molecule has 0 spiro atoms. The van der Waals surface area contributed by atoms with Gasteiger partial charge in [0.15, 0.2) is 11.0 Å². The van der Waals surface area contributed by atoms with E-state index in [1.54, 1.807) is 25.3 Å². The van der Waals surface area contributed by atoms with E-state index in [1.165, 1.54) is 31.0 Å². The van der Waals surface area contributed by atoms with Crippen molar-refractivity contribution in [3.05, 3.63) is 59.4 Å². The standard InChI is InChI=1S/C24H28ClN5O2S/c1-17(23(31)26-20-15-18(25)11-12-21(20)32-2)33-24-28-27-22(16-29-13-7-4-8-14-29)30(24)19-9-5-3-6-10-19/h3,5-6,9-12,15,17H,4,7-8,13-14,16H2,1-2H3,(H,26,31). The molecule has 1 aliphatic rings. The van der Waals surface area contributed by atoms with Gasteiger partial charge in [-0.15, -0.1) is 10.2 Å². The molecule has 1 atom stereocenters. The Morgan fingerprint density at radius 3 is 2.64 bits per heavy atom. The van der Waals surface area contributed by atoms with Crippen LogP contribution in [0.15, 0.2) is 53.7 Å². The fourth-order valence-electron chi connectivity index (χ4n) is 3.86. The highest BCUT2D eigenvalue weighted by Crippen LogP contribution is 2.30. The van der Waals surface area contributed by atoms with Crippen LogP contribution < -0.4 is 10.1 Å². The molecule has 1 fully saturated rings. The number of nitrogens with zero attached hydrogens (tertiary/aromatic N) is 4. The molecule has 0 aliphatic carbocycles. The first-order valence-corrected chi connectivity index (χ1v) is 12.3. The molecule has 2 heterocycles. The van der Waals surface area contributed by atoms with Crippen molar-refractivity contribution in [2.45, 2.75) is 43.1 Å².